The Balaban J connectivity index is 1.56. The Morgan fingerprint density at radius 1 is 1.27 bits per heavy atom. The van der Waals surface area contributed by atoms with E-state index in [0.29, 0.717) is 6.54 Å². The van der Waals surface area contributed by atoms with Gasteiger partial charge in [-0.15, -0.1) is 11.3 Å². The first-order valence-electron chi connectivity index (χ1n) is 8.67. The summed E-state index contributed by atoms with van der Waals surface area (Å²) in [6, 6.07) is 9.45. The van der Waals surface area contributed by atoms with Crippen molar-refractivity contribution in [3.63, 3.8) is 0 Å². The number of anilines is 1. The molecule has 1 aromatic carbocycles. The lowest BCUT2D eigenvalue weighted by Crippen LogP contribution is -2.30. The fourth-order valence-corrected chi connectivity index (χ4v) is 3.49. The number of nitrogens with one attached hydrogen (secondary N) is 2. The van der Waals surface area contributed by atoms with E-state index in [0.717, 1.165) is 46.3 Å². The smallest absolute Gasteiger partial charge is 0.319 e. The molecular formula is C19H23N5OS. The molecule has 0 aliphatic rings. The molecule has 0 aliphatic heterocycles. The quantitative estimate of drug-likeness (QED) is 0.693. The zero-order valence-corrected chi connectivity index (χ0v) is 16.1. The number of rotatable bonds is 6. The summed E-state index contributed by atoms with van der Waals surface area (Å²) >= 11 is 1.67. The summed E-state index contributed by atoms with van der Waals surface area (Å²) < 4.78 is 1.87. The van der Waals surface area contributed by atoms with E-state index < -0.39 is 0 Å². The van der Waals surface area contributed by atoms with Crippen LogP contribution >= 0.6 is 11.3 Å². The van der Waals surface area contributed by atoms with Crippen LogP contribution in [0.3, 0.4) is 0 Å². The molecule has 2 aromatic heterocycles. The maximum atomic E-state index is 12.1. The predicted molar refractivity (Wildman–Crippen MR) is 105 cm³/mol. The highest BCUT2D eigenvalue weighted by molar-refractivity contribution is 7.09. The van der Waals surface area contributed by atoms with Gasteiger partial charge in [-0.1, -0.05) is 13.0 Å². The molecule has 26 heavy (non-hydrogen) atoms. The van der Waals surface area contributed by atoms with E-state index >= 15 is 0 Å². The van der Waals surface area contributed by atoms with Crippen molar-refractivity contribution in [2.45, 2.75) is 33.6 Å². The summed E-state index contributed by atoms with van der Waals surface area (Å²) in [6.45, 7) is 6.62. The summed E-state index contributed by atoms with van der Waals surface area (Å²) in [5, 5.41) is 13.4. The second-order valence-corrected chi connectivity index (χ2v) is 7.05. The average Bonchev–Trinajstić information content (AvgIpc) is 3.21. The van der Waals surface area contributed by atoms with Crippen molar-refractivity contribution in [3.05, 3.63) is 57.8 Å². The largest absolute Gasteiger partial charge is 0.337 e. The van der Waals surface area contributed by atoms with Gasteiger partial charge in [0.2, 0.25) is 0 Å². The van der Waals surface area contributed by atoms with Crippen LogP contribution in [0.4, 0.5) is 10.5 Å². The van der Waals surface area contributed by atoms with Gasteiger partial charge in [0.15, 0.2) is 0 Å². The van der Waals surface area contributed by atoms with E-state index in [1.54, 1.807) is 11.3 Å². The van der Waals surface area contributed by atoms with Gasteiger partial charge in [-0.25, -0.2) is 14.5 Å². The van der Waals surface area contributed by atoms with Crippen molar-refractivity contribution in [1.29, 1.82) is 0 Å². The molecular weight excluding hydrogens is 346 g/mol. The number of nitrogens with zero attached hydrogens (tertiary/aromatic N) is 3. The molecule has 0 unspecified atom stereocenters. The molecule has 6 nitrogen and oxygen atoms in total. The van der Waals surface area contributed by atoms with Crippen LogP contribution < -0.4 is 10.6 Å². The number of hydrogen-bond donors (Lipinski definition) is 2. The molecule has 2 N–H and O–H groups in total. The maximum Gasteiger partial charge on any atom is 0.319 e. The Labute approximate surface area is 157 Å². The fourth-order valence-electron chi connectivity index (χ4n) is 2.71. The molecule has 0 saturated heterocycles. The monoisotopic (exact) mass is 369 g/mol. The summed E-state index contributed by atoms with van der Waals surface area (Å²) in [5.74, 6) is 0. The number of thiazole rings is 1. The van der Waals surface area contributed by atoms with Gasteiger partial charge in [-0.3, -0.25) is 0 Å². The highest BCUT2D eigenvalue weighted by atomic mass is 32.1. The average molecular weight is 369 g/mol. The minimum Gasteiger partial charge on any atom is -0.337 e. The number of benzene rings is 1. The third kappa shape index (κ3) is 4.49. The number of carbonyl (C=O) groups is 1. The van der Waals surface area contributed by atoms with E-state index in [4.69, 9.17) is 0 Å². The number of hydrogen-bond acceptors (Lipinski definition) is 4. The molecule has 0 atom stereocenters. The van der Waals surface area contributed by atoms with Crippen molar-refractivity contribution in [2.24, 2.45) is 0 Å². The third-order valence-corrected chi connectivity index (χ3v) is 4.97. The molecule has 0 aliphatic carbocycles. The molecule has 2 amide bonds. The molecule has 136 valence electrons. The van der Waals surface area contributed by atoms with Gasteiger partial charge in [0.25, 0.3) is 0 Å². The second-order valence-electron chi connectivity index (χ2n) is 6.11. The SMILES string of the molecule is CCc1nc(CCNC(=O)Nc2cccc(-n3nc(C)cc3C)c2)cs1. The molecule has 0 fully saturated rings. The molecule has 2 heterocycles. The van der Waals surface area contributed by atoms with Gasteiger partial charge in [0.1, 0.15) is 0 Å². The molecule has 0 saturated carbocycles. The van der Waals surface area contributed by atoms with Crippen LogP contribution in [0, 0.1) is 13.8 Å². The fraction of sp³-hybridized carbons (Fsp3) is 0.316. The van der Waals surface area contributed by atoms with Gasteiger partial charge >= 0.3 is 6.03 Å². The van der Waals surface area contributed by atoms with Crippen LogP contribution in [-0.2, 0) is 12.8 Å². The first kappa shape index (κ1) is 18.1. The van der Waals surface area contributed by atoms with E-state index in [2.05, 4.69) is 33.0 Å². The van der Waals surface area contributed by atoms with Crippen molar-refractivity contribution in [2.75, 3.05) is 11.9 Å². The van der Waals surface area contributed by atoms with Crippen LogP contribution in [0.5, 0.6) is 0 Å². The minimum atomic E-state index is -0.221. The van der Waals surface area contributed by atoms with Crippen molar-refractivity contribution in [3.8, 4) is 5.69 Å². The van der Waals surface area contributed by atoms with Crippen molar-refractivity contribution < 1.29 is 4.79 Å². The van der Waals surface area contributed by atoms with Crippen LogP contribution in [0.1, 0.15) is 29.0 Å². The summed E-state index contributed by atoms with van der Waals surface area (Å²) in [5.41, 5.74) is 4.70. The Hall–Kier alpha value is -2.67. The lowest BCUT2D eigenvalue weighted by molar-refractivity contribution is 0.252. The first-order valence-corrected chi connectivity index (χ1v) is 9.55. The van der Waals surface area contributed by atoms with Crippen molar-refractivity contribution in [1.82, 2.24) is 20.1 Å². The Morgan fingerprint density at radius 3 is 2.81 bits per heavy atom. The molecule has 0 bridgehead atoms. The number of aryl methyl sites for hydroxylation is 3. The predicted octanol–water partition coefficient (Wildman–Crippen LogP) is 3.87. The van der Waals surface area contributed by atoms with Gasteiger partial charge in [0, 0.05) is 29.7 Å². The lowest BCUT2D eigenvalue weighted by Gasteiger charge is -2.10. The Kier molecular flexibility index (Phi) is 5.68. The number of amides is 2. The maximum absolute atomic E-state index is 12.1. The molecule has 3 rings (SSSR count). The van der Waals surface area contributed by atoms with Crippen LogP contribution in [0.25, 0.3) is 5.69 Å². The van der Waals surface area contributed by atoms with Crippen LogP contribution in [0.15, 0.2) is 35.7 Å². The van der Waals surface area contributed by atoms with Crippen LogP contribution in [0.2, 0.25) is 0 Å². The summed E-state index contributed by atoms with van der Waals surface area (Å²) in [4.78, 5) is 16.6. The first-order chi connectivity index (χ1) is 12.5. The normalized spacial score (nSPS) is 10.7. The van der Waals surface area contributed by atoms with E-state index in [1.165, 1.54) is 0 Å². The third-order valence-electron chi connectivity index (χ3n) is 3.93. The zero-order valence-electron chi connectivity index (χ0n) is 15.2. The summed E-state index contributed by atoms with van der Waals surface area (Å²) in [7, 11) is 0. The lowest BCUT2D eigenvalue weighted by atomic mass is 10.2. The minimum absolute atomic E-state index is 0.221. The van der Waals surface area contributed by atoms with Gasteiger partial charge in [-0.2, -0.15) is 5.10 Å². The topological polar surface area (TPSA) is 71.8 Å². The van der Waals surface area contributed by atoms with Crippen LogP contribution in [-0.4, -0.2) is 27.3 Å². The Bertz CT molecular complexity index is 899. The molecule has 7 heteroatoms. The number of carbonyl (C=O) groups excluding carboxylic acids is 1. The number of aromatic nitrogens is 3. The van der Waals surface area contributed by atoms with E-state index in [-0.39, 0.29) is 6.03 Å². The molecule has 0 radical (unpaired) electrons. The second kappa shape index (κ2) is 8.14. The van der Waals surface area contributed by atoms with Gasteiger partial charge in [0.05, 0.1) is 22.1 Å². The standard InChI is InChI=1S/C19H23N5OS/c1-4-18-21-16(12-26-18)8-9-20-19(25)22-15-6-5-7-17(11-15)24-14(3)10-13(2)23-24/h5-7,10-12H,4,8-9H2,1-3H3,(H2,20,22,25). The highest BCUT2D eigenvalue weighted by Gasteiger charge is 2.07. The van der Waals surface area contributed by atoms with Gasteiger partial charge in [-0.05, 0) is 44.5 Å². The Morgan fingerprint density at radius 2 is 2.12 bits per heavy atom. The van der Waals surface area contributed by atoms with E-state index in [1.807, 2.05) is 48.9 Å². The molecule has 3 aromatic rings. The number of urea groups is 1. The van der Waals surface area contributed by atoms with Crippen molar-refractivity contribution >= 4 is 23.1 Å². The zero-order chi connectivity index (χ0) is 18.5. The summed E-state index contributed by atoms with van der Waals surface area (Å²) in [6.07, 6.45) is 1.68. The molecule has 0 spiro atoms. The van der Waals surface area contributed by atoms with Gasteiger partial charge < -0.3 is 10.6 Å². The highest BCUT2D eigenvalue weighted by Crippen LogP contribution is 2.16. The van der Waals surface area contributed by atoms with E-state index in [9.17, 15) is 4.79 Å².